The molecule has 7 heteroatoms. The second-order valence-corrected chi connectivity index (χ2v) is 9.08. The first-order chi connectivity index (χ1) is 16.4. The Morgan fingerprint density at radius 3 is 2.71 bits per heavy atom. The van der Waals surface area contributed by atoms with E-state index in [-0.39, 0.29) is 11.9 Å². The number of aromatic nitrogens is 2. The first-order valence-electron chi connectivity index (χ1n) is 11.9. The maximum Gasteiger partial charge on any atom is 0.252 e. The lowest BCUT2D eigenvalue weighted by Crippen LogP contribution is -2.29. The van der Waals surface area contributed by atoms with Crippen LogP contribution in [-0.4, -0.2) is 49.0 Å². The van der Waals surface area contributed by atoms with Gasteiger partial charge in [-0.2, -0.15) is 5.10 Å². The zero-order chi connectivity index (χ0) is 24.2. The molecule has 4 rings (SSSR count). The van der Waals surface area contributed by atoms with Crippen molar-refractivity contribution in [2.24, 2.45) is 7.05 Å². The average molecular weight is 462 g/mol. The molecule has 0 aliphatic carbocycles. The molecule has 0 saturated carbocycles. The van der Waals surface area contributed by atoms with Gasteiger partial charge in [-0.25, -0.2) is 0 Å². The van der Waals surface area contributed by atoms with Crippen LogP contribution in [0.25, 0.3) is 11.1 Å². The summed E-state index contributed by atoms with van der Waals surface area (Å²) in [6.07, 6.45) is 3.10. The Morgan fingerprint density at radius 1 is 1.15 bits per heavy atom. The lowest BCUT2D eigenvalue weighted by Gasteiger charge is -2.24. The number of nitrogens with zero attached hydrogens (tertiary/aromatic N) is 3. The Hall–Kier alpha value is -3.32. The highest BCUT2D eigenvalue weighted by atomic mass is 16.5. The van der Waals surface area contributed by atoms with E-state index in [1.54, 1.807) is 7.11 Å². The minimum absolute atomic E-state index is 0.0678. The third-order valence-corrected chi connectivity index (χ3v) is 6.51. The van der Waals surface area contributed by atoms with Crippen LogP contribution in [0.4, 0.5) is 5.69 Å². The molecule has 7 nitrogen and oxygen atoms in total. The van der Waals surface area contributed by atoms with E-state index in [4.69, 9.17) is 4.74 Å². The molecule has 2 N–H and O–H groups in total. The average Bonchev–Trinajstić information content (AvgIpc) is 3.01. The third kappa shape index (κ3) is 5.25. The molecule has 2 aromatic carbocycles. The van der Waals surface area contributed by atoms with E-state index in [9.17, 15) is 4.79 Å². The van der Waals surface area contributed by atoms with Gasteiger partial charge in [0, 0.05) is 49.7 Å². The molecule has 3 aromatic rings. The summed E-state index contributed by atoms with van der Waals surface area (Å²) >= 11 is 0. The number of hydrogen-bond acceptors (Lipinski definition) is 5. The van der Waals surface area contributed by atoms with E-state index in [1.165, 1.54) is 0 Å². The zero-order valence-corrected chi connectivity index (χ0v) is 20.8. The third-order valence-electron chi connectivity index (χ3n) is 6.51. The monoisotopic (exact) mass is 461 g/mol. The summed E-state index contributed by atoms with van der Waals surface area (Å²) in [5.41, 5.74) is 6.80. The van der Waals surface area contributed by atoms with Crippen molar-refractivity contribution in [1.29, 1.82) is 0 Å². The van der Waals surface area contributed by atoms with Gasteiger partial charge in [0.1, 0.15) is 5.75 Å². The summed E-state index contributed by atoms with van der Waals surface area (Å²) in [7, 11) is 3.58. The zero-order valence-electron chi connectivity index (χ0n) is 20.8. The number of amides is 1. The van der Waals surface area contributed by atoms with Gasteiger partial charge < -0.3 is 20.3 Å². The molecular weight excluding hydrogens is 426 g/mol. The Labute approximate surface area is 202 Å². The molecule has 180 valence electrons. The molecular formula is C27H35N5O2. The number of nitrogens with one attached hydrogen (secondary N) is 2. The van der Waals surface area contributed by atoms with Crippen molar-refractivity contribution in [3.8, 4) is 16.9 Å². The molecule has 1 fully saturated rings. The molecule has 1 aromatic heterocycles. The predicted molar refractivity (Wildman–Crippen MR) is 137 cm³/mol. The van der Waals surface area contributed by atoms with Gasteiger partial charge in [-0.15, -0.1) is 0 Å². The second-order valence-electron chi connectivity index (χ2n) is 9.08. The fourth-order valence-corrected chi connectivity index (χ4v) is 4.54. The number of methoxy groups -OCH3 is 1. The van der Waals surface area contributed by atoms with Crippen molar-refractivity contribution in [1.82, 2.24) is 20.4 Å². The van der Waals surface area contributed by atoms with Gasteiger partial charge in [-0.1, -0.05) is 6.07 Å². The van der Waals surface area contributed by atoms with Crippen LogP contribution in [0.2, 0.25) is 0 Å². The van der Waals surface area contributed by atoms with Crippen molar-refractivity contribution in [3.63, 3.8) is 0 Å². The van der Waals surface area contributed by atoms with Gasteiger partial charge in [0.05, 0.1) is 18.8 Å². The molecule has 0 unspecified atom stereocenters. The van der Waals surface area contributed by atoms with E-state index in [0.29, 0.717) is 5.56 Å². The number of carbonyl (C=O) groups excluding carboxylic acids is 1. The Balaban J connectivity index is 1.57. The summed E-state index contributed by atoms with van der Waals surface area (Å²) in [4.78, 5) is 15.7. The maximum atomic E-state index is 13.3. The molecule has 34 heavy (non-hydrogen) atoms. The summed E-state index contributed by atoms with van der Waals surface area (Å²) in [5.74, 6) is 0.687. The van der Waals surface area contributed by atoms with Gasteiger partial charge in [0.15, 0.2) is 0 Å². The molecule has 1 saturated heterocycles. The molecule has 1 aliphatic heterocycles. The Bertz CT molecular complexity index is 1160. The van der Waals surface area contributed by atoms with Crippen molar-refractivity contribution in [2.45, 2.75) is 33.2 Å². The van der Waals surface area contributed by atoms with Gasteiger partial charge in [-0.3, -0.25) is 9.48 Å². The molecule has 1 atom stereocenters. The molecule has 1 aliphatic rings. The standard InChI is InChI=1S/C27H35N5O2/c1-18-7-8-23(32-11-6-9-28-10-12-32)16-25(18)27(33)29-19(2)21-13-22(15-24(14-21)34-5)26-17-31(4)30-20(26)3/h7-8,13-17,19,28H,6,9-12H2,1-5H3,(H,29,33)/t19-/m1/s1. The maximum absolute atomic E-state index is 13.3. The predicted octanol–water partition coefficient (Wildman–Crippen LogP) is 4.00. The van der Waals surface area contributed by atoms with E-state index in [2.05, 4.69) is 32.8 Å². The van der Waals surface area contributed by atoms with Crippen LogP contribution in [0.15, 0.2) is 42.6 Å². The van der Waals surface area contributed by atoms with Gasteiger partial charge in [0.25, 0.3) is 5.91 Å². The van der Waals surface area contributed by atoms with Crippen LogP contribution in [0.3, 0.4) is 0 Å². The fraction of sp³-hybridized carbons (Fsp3) is 0.407. The highest BCUT2D eigenvalue weighted by Crippen LogP contribution is 2.31. The van der Waals surface area contributed by atoms with Crippen LogP contribution in [0.1, 0.15) is 46.6 Å². The van der Waals surface area contributed by atoms with Crippen molar-refractivity contribution in [2.75, 3.05) is 38.2 Å². The molecule has 1 amide bonds. The Morgan fingerprint density at radius 2 is 1.97 bits per heavy atom. The van der Waals surface area contributed by atoms with E-state index >= 15 is 0 Å². The van der Waals surface area contributed by atoms with E-state index < -0.39 is 0 Å². The topological polar surface area (TPSA) is 71.4 Å². The number of aryl methyl sites for hydroxylation is 3. The van der Waals surface area contributed by atoms with Gasteiger partial charge in [0.2, 0.25) is 0 Å². The lowest BCUT2D eigenvalue weighted by molar-refractivity contribution is 0.0939. The molecule has 0 bridgehead atoms. The number of rotatable bonds is 6. The minimum atomic E-state index is -0.191. The molecule has 0 radical (unpaired) electrons. The first-order valence-corrected chi connectivity index (χ1v) is 11.9. The van der Waals surface area contributed by atoms with Crippen molar-refractivity contribution >= 4 is 11.6 Å². The second kappa shape index (κ2) is 10.3. The first kappa shape index (κ1) is 23.8. The fourth-order valence-electron chi connectivity index (χ4n) is 4.54. The number of ether oxygens (including phenoxy) is 1. The van der Waals surface area contributed by atoms with Gasteiger partial charge in [-0.05, 0) is 80.8 Å². The van der Waals surface area contributed by atoms with E-state index in [1.807, 2.05) is 63.0 Å². The smallest absolute Gasteiger partial charge is 0.252 e. The van der Waals surface area contributed by atoms with E-state index in [0.717, 1.165) is 72.0 Å². The van der Waals surface area contributed by atoms with Crippen molar-refractivity contribution < 1.29 is 9.53 Å². The summed E-state index contributed by atoms with van der Waals surface area (Å²) in [6.45, 7) is 9.92. The highest BCUT2D eigenvalue weighted by molar-refractivity contribution is 5.97. The minimum Gasteiger partial charge on any atom is -0.497 e. The number of anilines is 1. The highest BCUT2D eigenvalue weighted by Gasteiger charge is 2.18. The number of benzene rings is 2. The van der Waals surface area contributed by atoms with Crippen LogP contribution in [0.5, 0.6) is 5.75 Å². The van der Waals surface area contributed by atoms with Crippen LogP contribution in [-0.2, 0) is 7.05 Å². The van der Waals surface area contributed by atoms with Gasteiger partial charge >= 0.3 is 0 Å². The molecule has 0 spiro atoms. The number of carbonyl (C=O) groups is 1. The largest absolute Gasteiger partial charge is 0.497 e. The van der Waals surface area contributed by atoms with Crippen LogP contribution >= 0.6 is 0 Å². The normalized spacial score (nSPS) is 15.0. The quantitative estimate of drug-likeness (QED) is 0.581. The van der Waals surface area contributed by atoms with Crippen LogP contribution in [0, 0.1) is 13.8 Å². The summed E-state index contributed by atoms with van der Waals surface area (Å²) < 4.78 is 7.38. The van der Waals surface area contributed by atoms with Crippen molar-refractivity contribution in [3.05, 3.63) is 65.0 Å². The van der Waals surface area contributed by atoms with Crippen LogP contribution < -0.4 is 20.3 Å². The Kier molecular flexibility index (Phi) is 7.22. The lowest BCUT2D eigenvalue weighted by atomic mass is 9.99. The number of hydrogen-bond donors (Lipinski definition) is 2. The summed E-state index contributed by atoms with van der Waals surface area (Å²) in [6, 6.07) is 12.1. The molecule has 2 heterocycles. The SMILES string of the molecule is COc1cc(-c2cn(C)nc2C)cc([C@@H](C)NC(=O)c2cc(N3CCCNCC3)ccc2C)c1. The summed E-state index contributed by atoms with van der Waals surface area (Å²) in [5, 5.41) is 11.1.